The number of carbonyl (C=O) groups is 1. The van der Waals surface area contributed by atoms with Gasteiger partial charge < -0.3 is 10.2 Å². The van der Waals surface area contributed by atoms with Crippen molar-refractivity contribution in [1.29, 1.82) is 0 Å². The first kappa shape index (κ1) is 17.2. The third-order valence-electron chi connectivity index (χ3n) is 3.81. The molecule has 0 saturated heterocycles. The van der Waals surface area contributed by atoms with E-state index in [1.54, 1.807) is 18.2 Å². The number of hydrogen-bond donors (Lipinski definition) is 1. The zero-order valence-corrected chi connectivity index (χ0v) is 14.6. The number of nitrogens with zero attached hydrogens (tertiary/aromatic N) is 3. The smallest absolute Gasteiger partial charge is 0.260 e. The molecule has 0 aliphatic carbocycles. The summed E-state index contributed by atoms with van der Waals surface area (Å²) in [6.07, 6.45) is 1.77. The molecule has 0 saturated carbocycles. The van der Waals surface area contributed by atoms with Crippen LogP contribution in [-0.2, 0) is 11.2 Å². The average molecular weight is 359 g/mol. The van der Waals surface area contributed by atoms with Crippen LogP contribution in [0.15, 0.2) is 48.5 Å². The first-order valence-corrected chi connectivity index (χ1v) is 8.47. The number of carbonyl (C=O) groups excluding carboxylic acids is 1. The number of fused-ring (bicyclic) bond motifs is 1. The summed E-state index contributed by atoms with van der Waals surface area (Å²) in [5, 5.41) is 11.3. The monoisotopic (exact) mass is 358 g/mol. The molecule has 1 N–H and O–H groups in total. The van der Waals surface area contributed by atoms with Crippen LogP contribution in [-0.4, -0.2) is 33.7 Å². The Morgan fingerprint density at radius 1 is 1.28 bits per heavy atom. The maximum atomic E-state index is 12.0. The molecule has 2 aromatic carbocycles. The van der Waals surface area contributed by atoms with Crippen LogP contribution in [0.2, 0.25) is 5.02 Å². The van der Waals surface area contributed by atoms with Gasteiger partial charge in [-0.3, -0.25) is 4.79 Å². The van der Waals surface area contributed by atoms with Crippen LogP contribution in [0, 0.1) is 0 Å². The number of benzene rings is 2. The molecule has 1 amide bonds. The van der Waals surface area contributed by atoms with Gasteiger partial charge >= 0.3 is 0 Å². The lowest BCUT2D eigenvalue weighted by atomic mass is 10.1. The molecule has 130 valence electrons. The summed E-state index contributed by atoms with van der Waals surface area (Å²) in [6, 6.07) is 15.4. The van der Waals surface area contributed by atoms with Crippen molar-refractivity contribution in [3.63, 3.8) is 0 Å². The van der Waals surface area contributed by atoms with Crippen molar-refractivity contribution in [2.75, 3.05) is 6.61 Å². The first-order chi connectivity index (χ1) is 12.1. The van der Waals surface area contributed by atoms with E-state index in [-0.39, 0.29) is 18.6 Å². The van der Waals surface area contributed by atoms with Crippen LogP contribution in [0.1, 0.15) is 18.9 Å². The maximum absolute atomic E-state index is 12.0. The molecule has 3 rings (SSSR count). The Balaban J connectivity index is 1.48. The molecule has 25 heavy (non-hydrogen) atoms. The molecule has 7 heteroatoms. The van der Waals surface area contributed by atoms with E-state index in [1.807, 2.05) is 25.1 Å². The minimum Gasteiger partial charge on any atom is -0.385 e. The van der Waals surface area contributed by atoms with Crippen molar-refractivity contribution in [3.05, 3.63) is 59.1 Å². The second-order valence-electron chi connectivity index (χ2n) is 5.86. The number of aromatic nitrogens is 3. The molecule has 0 spiro atoms. The summed E-state index contributed by atoms with van der Waals surface area (Å²) in [7, 11) is 0. The lowest BCUT2D eigenvalue weighted by molar-refractivity contribution is -0.126. The number of aryl methyl sites for hydroxylation is 1. The second-order valence-corrected chi connectivity index (χ2v) is 6.30. The summed E-state index contributed by atoms with van der Waals surface area (Å²) in [6.45, 7) is 1.84. The van der Waals surface area contributed by atoms with Gasteiger partial charge in [-0.25, -0.2) is 0 Å². The van der Waals surface area contributed by atoms with E-state index in [1.165, 1.54) is 10.4 Å². The Labute approximate surface area is 150 Å². The molecule has 0 unspecified atom stereocenters. The highest BCUT2D eigenvalue weighted by molar-refractivity contribution is 6.31. The van der Waals surface area contributed by atoms with Crippen molar-refractivity contribution in [2.24, 2.45) is 0 Å². The van der Waals surface area contributed by atoms with Crippen molar-refractivity contribution in [2.45, 2.75) is 25.8 Å². The lowest BCUT2D eigenvalue weighted by Crippen LogP contribution is -2.38. The number of hydrogen-bond acceptors (Lipinski definition) is 4. The van der Waals surface area contributed by atoms with Gasteiger partial charge in [-0.15, -0.1) is 5.10 Å². The predicted molar refractivity (Wildman–Crippen MR) is 96.4 cm³/mol. The van der Waals surface area contributed by atoms with Crippen LogP contribution >= 0.6 is 11.6 Å². The maximum Gasteiger partial charge on any atom is 0.260 e. The van der Waals surface area contributed by atoms with Gasteiger partial charge in [0.25, 0.3) is 5.91 Å². The van der Waals surface area contributed by atoms with Gasteiger partial charge in [0.1, 0.15) is 11.0 Å². The SMILES string of the molecule is C[C@H](CCc1ccccc1)NC(=O)COn1nnc2ccc(Cl)cc21. The zero-order valence-electron chi connectivity index (χ0n) is 13.9. The summed E-state index contributed by atoms with van der Waals surface area (Å²) in [5.41, 5.74) is 2.53. The quantitative estimate of drug-likeness (QED) is 0.705. The Hall–Kier alpha value is -2.60. The van der Waals surface area contributed by atoms with Gasteiger partial charge in [0.05, 0.1) is 0 Å². The van der Waals surface area contributed by atoms with E-state index in [9.17, 15) is 4.79 Å². The number of halogens is 1. The normalized spacial score (nSPS) is 12.1. The molecule has 0 aliphatic rings. The Morgan fingerprint density at radius 3 is 2.88 bits per heavy atom. The lowest BCUT2D eigenvalue weighted by Gasteiger charge is -2.14. The molecular weight excluding hydrogens is 340 g/mol. The number of rotatable bonds is 7. The summed E-state index contributed by atoms with van der Waals surface area (Å²) < 4.78 is 0. The molecule has 1 aromatic heterocycles. The van der Waals surface area contributed by atoms with Gasteiger partial charge in [0, 0.05) is 11.1 Å². The molecule has 1 atom stereocenters. The standard InChI is InChI=1S/C18H19ClN4O2/c1-13(7-8-14-5-3-2-4-6-14)20-18(24)12-25-23-17-11-15(19)9-10-16(17)21-22-23/h2-6,9-11,13H,7-8,12H2,1H3,(H,20,24)/t13-/m1/s1. The van der Waals surface area contributed by atoms with Crippen molar-refractivity contribution < 1.29 is 9.63 Å². The third-order valence-corrected chi connectivity index (χ3v) is 4.05. The van der Waals surface area contributed by atoms with E-state index < -0.39 is 0 Å². The molecule has 3 aromatic rings. The molecule has 0 fully saturated rings. The fraction of sp³-hybridized carbons (Fsp3) is 0.278. The molecule has 0 bridgehead atoms. The average Bonchev–Trinajstić information content (AvgIpc) is 3.01. The molecule has 1 heterocycles. The van der Waals surface area contributed by atoms with Crippen LogP contribution in [0.3, 0.4) is 0 Å². The zero-order chi connectivity index (χ0) is 17.6. The molecule has 0 radical (unpaired) electrons. The van der Waals surface area contributed by atoms with Crippen LogP contribution < -0.4 is 10.2 Å². The van der Waals surface area contributed by atoms with Gasteiger partial charge in [-0.1, -0.05) is 46.8 Å². The van der Waals surface area contributed by atoms with Crippen LogP contribution in [0.5, 0.6) is 0 Å². The first-order valence-electron chi connectivity index (χ1n) is 8.09. The van der Waals surface area contributed by atoms with Crippen LogP contribution in [0.25, 0.3) is 11.0 Å². The van der Waals surface area contributed by atoms with E-state index in [0.29, 0.717) is 16.1 Å². The van der Waals surface area contributed by atoms with E-state index in [4.69, 9.17) is 16.4 Å². The highest BCUT2D eigenvalue weighted by atomic mass is 35.5. The summed E-state index contributed by atoms with van der Waals surface area (Å²) >= 11 is 5.96. The summed E-state index contributed by atoms with van der Waals surface area (Å²) in [4.78, 5) is 18.7. The minimum absolute atomic E-state index is 0.0539. The molecule has 0 aliphatic heterocycles. The van der Waals surface area contributed by atoms with Gasteiger partial charge in [0.2, 0.25) is 0 Å². The topological polar surface area (TPSA) is 69.0 Å². The fourth-order valence-electron chi connectivity index (χ4n) is 2.50. The minimum atomic E-state index is -0.203. The highest BCUT2D eigenvalue weighted by Crippen LogP contribution is 2.16. The number of amides is 1. The Bertz CT molecular complexity index is 851. The van der Waals surface area contributed by atoms with Crippen molar-refractivity contribution >= 4 is 28.5 Å². The van der Waals surface area contributed by atoms with Gasteiger partial charge in [-0.05, 0) is 48.7 Å². The highest BCUT2D eigenvalue weighted by Gasteiger charge is 2.11. The number of nitrogens with one attached hydrogen (secondary N) is 1. The fourth-order valence-corrected chi connectivity index (χ4v) is 2.67. The second kappa shape index (κ2) is 7.98. The van der Waals surface area contributed by atoms with E-state index >= 15 is 0 Å². The predicted octanol–water partition coefficient (Wildman–Crippen LogP) is 2.65. The van der Waals surface area contributed by atoms with Crippen molar-refractivity contribution in [1.82, 2.24) is 20.5 Å². The van der Waals surface area contributed by atoms with Gasteiger partial charge in [0.15, 0.2) is 6.61 Å². The third kappa shape index (κ3) is 4.70. The largest absolute Gasteiger partial charge is 0.385 e. The molecular formula is C18H19ClN4O2. The van der Waals surface area contributed by atoms with Gasteiger partial charge in [-0.2, -0.15) is 0 Å². The summed E-state index contributed by atoms with van der Waals surface area (Å²) in [5.74, 6) is -0.203. The van der Waals surface area contributed by atoms with Crippen LogP contribution in [0.4, 0.5) is 0 Å². The van der Waals surface area contributed by atoms with E-state index in [0.717, 1.165) is 12.8 Å². The molecule has 6 nitrogen and oxygen atoms in total. The van der Waals surface area contributed by atoms with E-state index in [2.05, 4.69) is 27.8 Å². The van der Waals surface area contributed by atoms with Crippen molar-refractivity contribution in [3.8, 4) is 0 Å². The Kier molecular flexibility index (Phi) is 5.50. The Morgan fingerprint density at radius 2 is 2.08 bits per heavy atom.